The number of hydrogen-bond acceptors (Lipinski definition) is 7. The maximum atomic E-state index is 12.1. The summed E-state index contributed by atoms with van der Waals surface area (Å²) in [6.45, 7) is 0. The SMILES string of the molecule is COc1cc(/C=C2\N=C(c3ccc([N+](=O)[O-])cc3)OC2=O)cc(OC)c1. The minimum Gasteiger partial charge on any atom is -0.497 e. The number of nitrogens with zero attached hydrogens (tertiary/aromatic N) is 2. The van der Waals surface area contributed by atoms with Crippen LogP contribution in [0.1, 0.15) is 11.1 Å². The molecule has 0 saturated heterocycles. The number of non-ortho nitro benzene ring substituents is 1. The molecule has 8 heteroatoms. The Labute approximate surface area is 148 Å². The van der Waals surface area contributed by atoms with Gasteiger partial charge in [0.1, 0.15) is 11.5 Å². The lowest BCUT2D eigenvalue weighted by Crippen LogP contribution is -2.05. The van der Waals surface area contributed by atoms with Gasteiger partial charge in [-0.15, -0.1) is 0 Å². The highest BCUT2D eigenvalue weighted by Gasteiger charge is 2.24. The van der Waals surface area contributed by atoms with E-state index in [9.17, 15) is 14.9 Å². The van der Waals surface area contributed by atoms with Crippen LogP contribution in [0.25, 0.3) is 6.08 Å². The Hall–Kier alpha value is -3.68. The highest BCUT2D eigenvalue weighted by Crippen LogP contribution is 2.26. The van der Waals surface area contributed by atoms with Gasteiger partial charge in [0.2, 0.25) is 5.90 Å². The molecule has 2 aromatic rings. The molecule has 132 valence electrons. The molecule has 0 radical (unpaired) electrons. The first kappa shape index (κ1) is 17.2. The molecule has 3 rings (SSSR count). The number of ether oxygens (including phenoxy) is 3. The van der Waals surface area contributed by atoms with Crippen LogP contribution in [-0.2, 0) is 9.53 Å². The summed E-state index contributed by atoms with van der Waals surface area (Å²) in [6, 6.07) is 10.7. The van der Waals surface area contributed by atoms with Crippen LogP contribution in [0.2, 0.25) is 0 Å². The van der Waals surface area contributed by atoms with E-state index in [1.54, 1.807) is 24.3 Å². The van der Waals surface area contributed by atoms with E-state index < -0.39 is 10.9 Å². The van der Waals surface area contributed by atoms with E-state index in [-0.39, 0.29) is 17.3 Å². The van der Waals surface area contributed by atoms with Gasteiger partial charge in [-0.1, -0.05) is 0 Å². The largest absolute Gasteiger partial charge is 0.497 e. The first-order chi connectivity index (χ1) is 12.5. The number of nitro groups is 1. The van der Waals surface area contributed by atoms with Crippen molar-refractivity contribution in [3.8, 4) is 11.5 Å². The van der Waals surface area contributed by atoms with Crippen molar-refractivity contribution in [3.05, 3.63) is 69.4 Å². The summed E-state index contributed by atoms with van der Waals surface area (Å²) < 4.78 is 15.5. The Bertz CT molecular complexity index is 909. The van der Waals surface area contributed by atoms with Crippen molar-refractivity contribution >= 4 is 23.6 Å². The quantitative estimate of drug-likeness (QED) is 0.354. The van der Waals surface area contributed by atoms with Crippen LogP contribution >= 0.6 is 0 Å². The lowest BCUT2D eigenvalue weighted by atomic mass is 10.1. The Kier molecular flexibility index (Phi) is 4.66. The first-order valence-corrected chi connectivity index (χ1v) is 7.50. The van der Waals surface area contributed by atoms with Crippen molar-refractivity contribution in [1.82, 2.24) is 0 Å². The number of benzene rings is 2. The highest BCUT2D eigenvalue weighted by atomic mass is 16.6. The molecule has 26 heavy (non-hydrogen) atoms. The van der Waals surface area contributed by atoms with Gasteiger partial charge >= 0.3 is 5.97 Å². The Morgan fingerprint density at radius 3 is 2.23 bits per heavy atom. The summed E-state index contributed by atoms with van der Waals surface area (Å²) in [5, 5.41) is 10.7. The van der Waals surface area contributed by atoms with E-state index in [0.717, 1.165) is 0 Å². The maximum Gasteiger partial charge on any atom is 0.363 e. The first-order valence-electron chi connectivity index (χ1n) is 7.50. The van der Waals surface area contributed by atoms with Crippen molar-refractivity contribution in [3.63, 3.8) is 0 Å². The lowest BCUT2D eigenvalue weighted by Gasteiger charge is -2.05. The van der Waals surface area contributed by atoms with E-state index in [2.05, 4.69) is 4.99 Å². The third-order valence-corrected chi connectivity index (χ3v) is 3.62. The Balaban J connectivity index is 1.92. The molecule has 0 unspecified atom stereocenters. The second-order valence-electron chi connectivity index (χ2n) is 5.29. The zero-order chi connectivity index (χ0) is 18.7. The van der Waals surface area contributed by atoms with Crippen LogP contribution in [-0.4, -0.2) is 31.0 Å². The van der Waals surface area contributed by atoms with Gasteiger partial charge in [-0.3, -0.25) is 10.1 Å². The molecule has 1 heterocycles. The minimum atomic E-state index is -0.611. The molecular formula is C18H14N2O6. The molecule has 1 aliphatic rings. The number of hydrogen-bond donors (Lipinski definition) is 0. The molecule has 8 nitrogen and oxygen atoms in total. The molecule has 0 aromatic heterocycles. The van der Waals surface area contributed by atoms with Gasteiger partial charge in [0.15, 0.2) is 5.70 Å². The standard InChI is InChI=1S/C18H14N2O6/c1-24-14-7-11(8-15(10-14)25-2)9-16-18(21)26-17(19-16)12-3-5-13(6-4-12)20(22)23/h3-10H,1-2H3/b16-9-. The molecular weight excluding hydrogens is 340 g/mol. The van der Waals surface area contributed by atoms with E-state index in [4.69, 9.17) is 14.2 Å². The van der Waals surface area contributed by atoms with Gasteiger partial charge in [0, 0.05) is 23.8 Å². The average Bonchev–Trinajstić information content (AvgIpc) is 3.01. The fraction of sp³-hybridized carbons (Fsp3) is 0.111. The van der Waals surface area contributed by atoms with Crippen molar-refractivity contribution in [1.29, 1.82) is 0 Å². The Morgan fingerprint density at radius 1 is 1.08 bits per heavy atom. The summed E-state index contributed by atoms with van der Waals surface area (Å²) in [4.78, 5) is 26.4. The van der Waals surface area contributed by atoms with Gasteiger partial charge in [0.25, 0.3) is 5.69 Å². The number of esters is 1. The molecule has 0 spiro atoms. The molecule has 0 aliphatic carbocycles. The molecule has 0 bridgehead atoms. The lowest BCUT2D eigenvalue weighted by molar-refractivity contribution is -0.384. The second kappa shape index (κ2) is 7.06. The van der Waals surface area contributed by atoms with Crippen LogP contribution in [0.3, 0.4) is 0 Å². The summed E-state index contributed by atoms with van der Waals surface area (Å²) in [7, 11) is 3.06. The van der Waals surface area contributed by atoms with Gasteiger partial charge in [0.05, 0.1) is 19.1 Å². The number of rotatable bonds is 5. The number of methoxy groups -OCH3 is 2. The molecule has 0 atom stereocenters. The van der Waals surface area contributed by atoms with Gasteiger partial charge in [-0.05, 0) is 35.9 Å². The van der Waals surface area contributed by atoms with Crippen LogP contribution in [0.15, 0.2) is 53.2 Å². The van der Waals surface area contributed by atoms with Gasteiger partial charge in [-0.25, -0.2) is 9.79 Å². The fourth-order valence-electron chi connectivity index (χ4n) is 2.33. The van der Waals surface area contributed by atoms with E-state index >= 15 is 0 Å². The number of carbonyl (C=O) groups excluding carboxylic acids is 1. The summed E-state index contributed by atoms with van der Waals surface area (Å²) in [5.41, 5.74) is 1.17. The van der Waals surface area contributed by atoms with E-state index in [0.29, 0.717) is 22.6 Å². The number of nitro benzene ring substituents is 1. The van der Waals surface area contributed by atoms with E-state index in [1.165, 1.54) is 38.5 Å². The maximum absolute atomic E-state index is 12.1. The van der Waals surface area contributed by atoms with Crippen LogP contribution in [0.4, 0.5) is 5.69 Å². The van der Waals surface area contributed by atoms with Gasteiger partial charge in [-0.2, -0.15) is 0 Å². The number of aliphatic imine (C=N–C) groups is 1. The van der Waals surface area contributed by atoms with Crippen molar-refractivity contribution in [2.75, 3.05) is 14.2 Å². The summed E-state index contributed by atoms with van der Waals surface area (Å²) in [5.74, 6) is 0.621. The highest BCUT2D eigenvalue weighted by molar-refractivity contribution is 6.12. The van der Waals surface area contributed by atoms with Crippen LogP contribution in [0, 0.1) is 10.1 Å². The number of carbonyl (C=O) groups is 1. The molecule has 1 aliphatic heterocycles. The predicted molar refractivity (Wildman–Crippen MR) is 93.2 cm³/mol. The molecule has 0 saturated carbocycles. The second-order valence-corrected chi connectivity index (χ2v) is 5.29. The Morgan fingerprint density at radius 2 is 1.69 bits per heavy atom. The van der Waals surface area contributed by atoms with Crippen LogP contribution in [0.5, 0.6) is 11.5 Å². The van der Waals surface area contributed by atoms with Crippen molar-refractivity contribution in [2.45, 2.75) is 0 Å². The molecule has 0 fully saturated rings. The zero-order valence-corrected chi connectivity index (χ0v) is 14.0. The molecule has 2 aromatic carbocycles. The topological polar surface area (TPSA) is 100 Å². The minimum absolute atomic E-state index is 0.0575. The monoisotopic (exact) mass is 354 g/mol. The molecule has 0 amide bonds. The predicted octanol–water partition coefficient (Wildman–Crippen LogP) is 2.96. The third kappa shape index (κ3) is 3.54. The fourth-order valence-corrected chi connectivity index (χ4v) is 2.33. The average molecular weight is 354 g/mol. The van der Waals surface area contributed by atoms with Crippen molar-refractivity contribution < 1.29 is 23.9 Å². The van der Waals surface area contributed by atoms with Crippen molar-refractivity contribution in [2.24, 2.45) is 4.99 Å². The summed E-state index contributed by atoms with van der Waals surface area (Å²) in [6.07, 6.45) is 1.55. The van der Waals surface area contributed by atoms with Crippen LogP contribution < -0.4 is 9.47 Å². The summed E-state index contributed by atoms with van der Waals surface area (Å²) >= 11 is 0. The smallest absolute Gasteiger partial charge is 0.363 e. The third-order valence-electron chi connectivity index (χ3n) is 3.62. The molecule has 0 N–H and O–H groups in total. The van der Waals surface area contributed by atoms with E-state index in [1.807, 2.05) is 0 Å². The zero-order valence-electron chi connectivity index (χ0n) is 14.0. The number of cyclic esters (lactones) is 1. The van der Waals surface area contributed by atoms with Gasteiger partial charge < -0.3 is 14.2 Å². The normalized spacial score (nSPS) is 14.8.